The molecule has 0 bridgehead atoms. The number of rotatable bonds is 7. The summed E-state index contributed by atoms with van der Waals surface area (Å²) in [6, 6.07) is 3.48. The van der Waals surface area contributed by atoms with Crippen molar-refractivity contribution in [1.29, 1.82) is 0 Å². The molecular formula is C11H13FN6O3. The normalized spacial score (nSPS) is 10.8. The van der Waals surface area contributed by atoms with Gasteiger partial charge in [0.1, 0.15) is 0 Å². The fraction of sp³-hybridized carbons (Fsp3) is 0.364. The number of hydrogen-bond donors (Lipinski definition) is 1. The Morgan fingerprint density at radius 1 is 1.52 bits per heavy atom. The lowest BCUT2D eigenvalue weighted by Crippen LogP contribution is -2.21. The van der Waals surface area contributed by atoms with E-state index in [0.717, 1.165) is 12.1 Å². The smallest absolute Gasteiger partial charge is 0.304 e. The number of methoxy groups -OCH3 is 1. The Morgan fingerprint density at radius 2 is 2.33 bits per heavy atom. The molecule has 9 nitrogen and oxygen atoms in total. The molecule has 1 aromatic carbocycles. The van der Waals surface area contributed by atoms with Gasteiger partial charge in [0, 0.05) is 25.8 Å². The van der Waals surface area contributed by atoms with E-state index >= 15 is 0 Å². The first kappa shape index (κ1) is 14.9. The molecule has 0 unspecified atom stereocenters. The second-order valence-electron chi connectivity index (χ2n) is 4.07. The number of aromatic nitrogens is 4. The third-order valence-corrected chi connectivity index (χ3v) is 2.67. The Bertz CT molecular complexity index is 632. The van der Waals surface area contributed by atoms with Crippen LogP contribution >= 0.6 is 0 Å². The van der Waals surface area contributed by atoms with Crippen molar-refractivity contribution >= 4 is 5.69 Å². The second-order valence-corrected chi connectivity index (χ2v) is 4.07. The molecule has 10 heteroatoms. The van der Waals surface area contributed by atoms with Crippen molar-refractivity contribution < 1.29 is 14.1 Å². The molecule has 0 aliphatic rings. The van der Waals surface area contributed by atoms with E-state index in [1.807, 2.05) is 0 Å². The first-order valence-corrected chi connectivity index (χ1v) is 6.04. The molecule has 21 heavy (non-hydrogen) atoms. The number of nitro groups is 1. The van der Waals surface area contributed by atoms with E-state index in [-0.39, 0.29) is 0 Å². The van der Waals surface area contributed by atoms with Gasteiger partial charge in [-0.05, 0) is 16.5 Å². The highest BCUT2D eigenvalue weighted by molar-refractivity contribution is 5.42. The summed E-state index contributed by atoms with van der Waals surface area (Å²) in [5, 5.41) is 24.7. The van der Waals surface area contributed by atoms with Crippen molar-refractivity contribution in [3.8, 4) is 5.69 Å². The van der Waals surface area contributed by atoms with Gasteiger partial charge in [-0.2, -0.15) is 9.07 Å². The maximum atomic E-state index is 13.6. The van der Waals surface area contributed by atoms with Crippen LogP contribution in [-0.4, -0.2) is 45.4 Å². The van der Waals surface area contributed by atoms with Crippen LogP contribution in [0.5, 0.6) is 0 Å². The second kappa shape index (κ2) is 6.81. The molecule has 2 aromatic rings. The van der Waals surface area contributed by atoms with E-state index in [9.17, 15) is 14.5 Å². The molecule has 0 amide bonds. The molecule has 0 radical (unpaired) electrons. The van der Waals surface area contributed by atoms with E-state index in [1.165, 1.54) is 10.7 Å². The molecule has 0 aliphatic heterocycles. The van der Waals surface area contributed by atoms with Gasteiger partial charge in [-0.1, -0.05) is 0 Å². The van der Waals surface area contributed by atoms with Crippen LogP contribution in [0.2, 0.25) is 0 Å². The fourth-order valence-corrected chi connectivity index (χ4v) is 1.67. The van der Waals surface area contributed by atoms with E-state index in [1.54, 1.807) is 7.11 Å². The SMILES string of the molecule is COCCNCc1nnnn1-c1ccc([N+](=O)[O-])c(F)c1. The average Bonchev–Trinajstić information content (AvgIpc) is 2.91. The van der Waals surface area contributed by atoms with Crippen LogP contribution in [0, 0.1) is 15.9 Å². The average molecular weight is 296 g/mol. The summed E-state index contributed by atoms with van der Waals surface area (Å²) in [6.07, 6.45) is 0. The highest BCUT2D eigenvalue weighted by Crippen LogP contribution is 2.20. The molecule has 0 saturated heterocycles. The Balaban J connectivity index is 2.17. The first-order valence-electron chi connectivity index (χ1n) is 6.04. The van der Waals surface area contributed by atoms with Gasteiger partial charge in [-0.15, -0.1) is 5.10 Å². The van der Waals surface area contributed by atoms with E-state index in [2.05, 4.69) is 20.8 Å². The number of nitrogens with one attached hydrogen (secondary N) is 1. The topological polar surface area (TPSA) is 108 Å². The van der Waals surface area contributed by atoms with Gasteiger partial charge >= 0.3 is 5.69 Å². The molecule has 0 fully saturated rings. The van der Waals surface area contributed by atoms with E-state index < -0.39 is 16.4 Å². The van der Waals surface area contributed by atoms with Crippen LogP contribution in [0.4, 0.5) is 10.1 Å². The maximum Gasteiger partial charge on any atom is 0.304 e. The highest BCUT2D eigenvalue weighted by Gasteiger charge is 2.16. The Labute approximate surface area is 118 Å². The summed E-state index contributed by atoms with van der Waals surface area (Å²) < 4.78 is 19.8. The summed E-state index contributed by atoms with van der Waals surface area (Å²) in [4.78, 5) is 9.80. The molecule has 0 aliphatic carbocycles. The minimum absolute atomic E-state index is 0.312. The molecule has 1 N–H and O–H groups in total. The Kier molecular flexibility index (Phi) is 4.85. The number of nitrogens with zero attached hydrogens (tertiary/aromatic N) is 5. The fourth-order valence-electron chi connectivity index (χ4n) is 1.67. The Morgan fingerprint density at radius 3 is 3.00 bits per heavy atom. The number of halogens is 1. The minimum Gasteiger partial charge on any atom is -0.383 e. The molecule has 112 valence electrons. The van der Waals surface area contributed by atoms with Crippen LogP contribution in [-0.2, 0) is 11.3 Å². The van der Waals surface area contributed by atoms with E-state index in [4.69, 9.17) is 4.74 Å². The number of benzene rings is 1. The summed E-state index contributed by atoms with van der Waals surface area (Å²) in [5.41, 5.74) is -0.279. The first-order chi connectivity index (χ1) is 10.1. The van der Waals surface area contributed by atoms with Crippen molar-refractivity contribution in [3.05, 3.63) is 40.0 Å². The lowest BCUT2D eigenvalue weighted by molar-refractivity contribution is -0.387. The van der Waals surface area contributed by atoms with Gasteiger partial charge < -0.3 is 10.1 Å². The number of ether oxygens (including phenoxy) is 1. The van der Waals surface area contributed by atoms with Gasteiger partial charge in [0.05, 0.1) is 23.8 Å². The monoisotopic (exact) mass is 296 g/mol. The van der Waals surface area contributed by atoms with Crippen LogP contribution in [0.15, 0.2) is 18.2 Å². The third-order valence-electron chi connectivity index (χ3n) is 2.67. The number of hydrogen-bond acceptors (Lipinski definition) is 7. The summed E-state index contributed by atoms with van der Waals surface area (Å²) in [5.74, 6) is -0.481. The lowest BCUT2D eigenvalue weighted by Gasteiger charge is -2.06. The summed E-state index contributed by atoms with van der Waals surface area (Å²) in [7, 11) is 1.59. The zero-order valence-corrected chi connectivity index (χ0v) is 11.2. The maximum absolute atomic E-state index is 13.6. The van der Waals surface area contributed by atoms with Crippen molar-refractivity contribution in [1.82, 2.24) is 25.5 Å². The quantitative estimate of drug-likeness (QED) is 0.449. The zero-order chi connectivity index (χ0) is 15.2. The molecule has 0 saturated carbocycles. The Hall–Kier alpha value is -2.46. The third kappa shape index (κ3) is 3.55. The molecule has 1 heterocycles. The predicted molar refractivity (Wildman–Crippen MR) is 69.3 cm³/mol. The van der Waals surface area contributed by atoms with Gasteiger partial charge in [-0.25, -0.2) is 0 Å². The van der Waals surface area contributed by atoms with Crippen molar-refractivity contribution in [2.75, 3.05) is 20.3 Å². The molecule has 1 aromatic heterocycles. The molecular weight excluding hydrogens is 283 g/mol. The van der Waals surface area contributed by atoms with Crippen molar-refractivity contribution in [3.63, 3.8) is 0 Å². The van der Waals surface area contributed by atoms with Gasteiger partial charge in [0.2, 0.25) is 5.82 Å². The van der Waals surface area contributed by atoms with E-state index in [0.29, 0.717) is 31.2 Å². The number of tetrazole rings is 1. The summed E-state index contributed by atoms with van der Waals surface area (Å²) in [6.45, 7) is 1.50. The minimum atomic E-state index is -0.939. The van der Waals surface area contributed by atoms with Gasteiger partial charge in [0.15, 0.2) is 5.82 Å². The standard InChI is InChI=1S/C11H13FN6O3/c1-21-5-4-13-7-11-14-15-16-17(11)8-2-3-10(18(19)20)9(12)6-8/h2-3,6,13H,4-5,7H2,1H3. The zero-order valence-electron chi connectivity index (χ0n) is 11.2. The molecule has 0 atom stereocenters. The van der Waals surface area contributed by atoms with Gasteiger partial charge in [0.25, 0.3) is 0 Å². The van der Waals surface area contributed by atoms with Crippen LogP contribution in [0.1, 0.15) is 5.82 Å². The van der Waals surface area contributed by atoms with Crippen molar-refractivity contribution in [2.24, 2.45) is 0 Å². The summed E-state index contributed by atoms with van der Waals surface area (Å²) >= 11 is 0. The number of nitro benzene ring substituents is 1. The van der Waals surface area contributed by atoms with Crippen molar-refractivity contribution in [2.45, 2.75) is 6.54 Å². The van der Waals surface area contributed by atoms with Crippen LogP contribution in [0.25, 0.3) is 5.69 Å². The van der Waals surface area contributed by atoms with Crippen LogP contribution < -0.4 is 5.32 Å². The molecule has 2 rings (SSSR count). The highest BCUT2D eigenvalue weighted by atomic mass is 19.1. The predicted octanol–water partition coefficient (Wildman–Crippen LogP) is 0.446. The molecule has 0 spiro atoms. The van der Waals surface area contributed by atoms with Gasteiger partial charge in [-0.3, -0.25) is 10.1 Å². The largest absolute Gasteiger partial charge is 0.383 e. The van der Waals surface area contributed by atoms with Crippen LogP contribution in [0.3, 0.4) is 0 Å². The lowest BCUT2D eigenvalue weighted by atomic mass is 10.2.